The number of hydrogen-bond acceptors (Lipinski definition) is 3. The number of hydrogen-bond donors (Lipinski definition) is 1. The average molecular weight is 229 g/mol. The first kappa shape index (κ1) is 11.1. The van der Waals surface area contributed by atoms with Crippen LogP contribution in [-0.2, 0) is 11.2 Å². The third-order valence-electron chi connectivity index (χ3n) is 2.53. The minimum atomic E-state index is -0.868. The summed E-state index contributed by atoms with van der Waals surface area (Å²) in [4.78, 5) is 14.7. The maximum absolute atomic E-state index is 10.5. The monoisotopic (exact) mass is 229 g/mol. The van der Waals surface area contributed by atoms with Crippen molar-refractivity contribution in [2.24, 2.45) is 0 Å². The molecular formula is C12H11N3O2. The molecule has 0 bridgehead atoms. The van der Waals surface area contributed by atoms with Gasteiger partial charge in [-0.2, -0.15) is 5.26 Å². The van der Waals surface area contributed by atoms with Crippen molar-refractivity contribution >= 4 is 11.5 Å². The van der Waals surface area contributed by atoms with Crippen LogP contribution in [0.1, 0.15) is 23.5 Å². The van der Waals surface area contributed by atoms with Gasteiger partial charge in [0.05, 0.1) is 11.9 Å². The highest BCUT2D eigenvalue weighted by atomic mass is 16.4. The van der Waals surface area contributed by atoms with E-state index in [4.69, 9.17) is 10.4 Å². The van der Waals surface area contributed by atoms with E-state index in [1.54, 1.807) is 4.40 Å². The third kappa shape index (κ3) is 2.11. The third-order valence-corrected chi connectivity index (χ3v) is 2.53. The molecule has 2 rings (SSSR count). The Morgan fingerprint density at radius 2 is 2.35 bits per heavy atom. The highest BCUT2D eigenvalue weighted by molar-refractivity contribution is 5.67. The van der Waals surface area contributed by atoms with Crippen molar-refractivity contribution in [2.75, 3.05) is 0 Å². The highest BCUT2D eigenvalue weighted by Crippen LogP contribution is 2.15. The lowest BCUT2D eigenvalue weighted by molar-refractivity contribution is -0.137. The van der Waals surface area contributed by atoms with Gasteiger partial charge in [-0.3, -0.25) is 4.79 Å². The van der Waals surface area contributed by atoms with Crippen molar-refractivity contribution < 1.29 is 9.90 Å². The van der Waals surface area contributed by atoms with Crippen molar-refractivity contribution in [1.29, 1.82) is 5.26 Å². The Morgan fingerprint density at radius 3 is 3.00 bits per heavy atom. The van der Waals surface area contributed by atoms with Crippen LogP contribution in [0.5, 0.6) is 0 Å². The van der Waals surface area contributed by atoms with Crippen LogP contribution in [0.3, 0.4) is 0 Å². The SMILES string of the molecule is Cc1ccc2c(C#N)nc(CCC(=O)O)n2c1. The van der Waals surface area contributed by atoms with Crippen molar-refractivity contribution in [1.82, 2.24) is 9.38 Å². The van der Waals surface area contributed by atoms with Gasteiger partial charge in [0, 0.05) is 12.6 Å². The van der Waals surface area contributed by atoms with Crippen LogP contribution in [0.2, 0.25) is 0 Å². The molecule has 0 aliphatic carbocycles. The molecule has 0 fully saturated rings. The second-order valence-electron chi connectivity index (χ2n) is 3.84. The molecule has 0 radical (unpaired) electrons. The van der Waals surface area contributed by atoms with Gasteiger partial charge in [0.2, 0.25) is 0 Å². The Balaban J connectivity index is 2.51. The predicted molar refractivity (Wildman–Crippen MR) is 60.6 cm³/mol. The zero-order valence-corrected chi connectivity index (χ0v) is 9.34. The molecule has 86 valence electrons. The predicted octanol–water partition coefficient (Wildman–Crippen LogP) is 1.53. The van der Waals surface area contributed by atoms with Crippen LogP contribution in [0.4, 0.5) is 0 Å². The number of rotatable bonds is 3. The minimum absolute atomic E-state index is 0.0118. The molecule has 0 spiro atoms. The molecule has 0 amide bonds. The lowest BCUT2D eigenvalue weighted by atomic mass is 10.2. The van der Waals surface area contributed by atoms with Crippen molar-refractivity contribution in [3.63, 3.8) is 0 Å². The lowest BCUT2D eigenvalue weighted by Crippen LogP contribution is -2.01. The summed E-state index contributed by atoms with van der Waals surface area (Å²) in [5.74, 6) is -0.254. The lowest BCUT2D eigenvalue weighted by Gasteiger charge is -2.00. The molecule has 2 heterocycles. The van der Waals surface area contributed by atoms with E-state index in [1.807, 2.05) is 31.3 Å². The minimum Gasteiger partial charge on any atom is -0.481 e. The van der Waals surface area contributed by atoms with Gasteiger partial charge >= 0.3 is 5.97 Å². The van der Waals surface area contributed by atoms with Gasteiger partial charge in [-0.25, -0.2) is 4.98 Å². The van der Waals surface area contributed by atoms with Crippen LogP contribution in [0.25, 0.3) is 5.52 Å². The van der Waals surface area contributed by atoms with Crippen LogP contribution in [-0.4, -0.2) is 20.5 Å². The first-order valence-electron chi connectivity index (χ1n) is 5.21. The second kappa shape index (κ2) is 4.26. The first-order valence-corrected chi connectivity index (χ1v) is 5.21. The van der Waals surface area contributed by atoms with Crippen molar-refractivity contribution in [3.05, 3.63) is 35.4 Å². The standard InChI is InChI=1S/C12H11N3O2/c1-8-2-3-10-9(6-13)14-11(15(10)7-8)4-5-12(16)17/h2-3,7H,4-5H2,1H3,(H,16,17). The molecule has 0 aliphatic rings. The molecule has 2 aromatic heterocycles. The largest absolute Gasteiger partial charge is 0.481 e. The van der Waals surface area contributed by atoms with Gasteiger partial charge in [-0.05, 0) is 18.6 Å². The van der Waals surface area contributed by atoms with E-state index in [-0.39, 0.29) is 6.42 Å². The number of pyridine rings is 1. The maximum atomic E-state index is 10.5. The van der Waals surface area contributed by atoms with E-state index < -0.39 is 5.97 Å². The van der Waals surface area contributed by atoms with Crippen molar-refractivity contribution in [2.45, 2.75) is 19.8 Å². The fraction of sp³-hybridized carbons (Fsp3) is 0.250. The Labute approximate surface area is 97.9 Å². The Morgan fingerprint density at radius 1 is 1.59 bits per heavy atom. The maximum Gasteiger partial charge on any atom is 0.303 e. The molecule has 5 nitrogen and oxygen atoms in total. The van der Waals surface area contributed by atoms with Gasteiger partial charge < -0.3 is 9.51 Å². The Bertz CT molecular complexity index is 622. The van der Waals surface area contributed by atoms with Crippen molar-refractivity contribution in [3.8, 4) is 6.07 Å². The van der Waals surface area contributed by atoms with Gasteiger partial charge in [-0.1, -0.05) is 6.07 Å². The molecule has 0 atom stereocenters. The van der Waals surface area contributed by atoms with E-state index >= 15 is 0 Å². The molecule has 1 N–H and O–H groups in total. The summed E-state index contributed by atoms with van der Waals surface area (Å²) in [5.41, 5.74) is 2.10. The Hall–Kier alpha value is -2.35. The molecule has 0 saturated heterocycles. The van der Waals surface area contributed by atoms with E-state index in [0.717, 1.165) is 11.1 Å². The smallest absolute Gasteiger partial charge is 0.303 e. The molecule has 0 unspecified atom stereocenters. The summed E-state index contributed by atoms with van der Waals surface area (Å²) in [5, 5.41) is 17.6. The normalized spacial score (nSPS) is 10.4. The number of nitrogens with zero attached hydrogens (tertiary/aromatic N) is 3. The van der Waals surface area contributed by atoms with Crippen LogP contribution in [0.15, 0.2) is 18.3 Å². The number of aliphatic carboxylic acids is 1. The fourth-order valence-electron chi connectivity index (χ4n) is 1.73. The number of aryl methyl sites for hydroxylation is 2. The van der Waals surface area contributed by atoms with E-state index in [1.165, 1.54) is 0 Å². The Kier molecular flexibility index (Phi) is 2.79. The number of fused-ring (bicyclic) bond motifs is 1. The van der Waals surface area contributed by atoms with E-state index in [0.29, 0.717) is 17.9 Å². The summed E-state index contributed by atoms with van der Waals surface area (Å²) < 4.78 is 1.79. The highest BCUT2D eigenvalue weighted by Gasteiger charge is 2.11. The molecule has 2 aromatic rings. The topological polar surface area (TPSA) is 78.4 Å². The molecule has 0 aromatic carbocycles. The van der Waals surface area contributed by atoms with Gasteiger partial charge in [0.15, 0.2) is 5.69 Å². The zero-order chi connectivity index (χ0) is 12.4. The number of nitriles is 1. The van der Waals surface area contributed by atoms with Gasteiger partial charge in [0.25, 0.3) is 0 Å². The van der Waals surface area contributed by atoms with Crippen LogP contribution < -0.4 is 0 Å². The van der Waals surface area contributed by atoms with Crippen LogP contribution >= 0.6 is 0 Å². The summed E-state index contributed by atoms with van der Waals surface area (Å²) in [7, 11) is 0. The number of carboxylic acid groups (broad SMARTS) is 1. The molecule has 5 heteroatoms. The first-order chi connectivity index (χ1) is 8.11. The number of imidazole rings is 1. The number of aromatic nitrogens is 2. The molecule has 17 heavy (non-hydrogen) atoms. The summed E-state index contributed by atoms with van der Waals surface area (Å²) in [6.45, 7) is 1.94. The summed E-state index contributed by atoms with van der Waals surface area (Å²) in [6.07, 6.45) is 2.19. The molecule has 0 saturated carbocycles. The number of carboxylic acids is 1. The van der Waals surface area contributed by atoms with Crippen LogP contribution in [0, 0.1) is 18.3 Å². The molecule has 0 aliphatic heterocycles. The second-order valence-corrected chi connectivity index (χ2v) is 3.84. The molecular weight excluding hydrogens is 218 g/mol. The average Bonchev–Trinajstić information content (AvgIpc) is 2.63. The van der Waals surface area contributed by atoms with E-state index in [2.05, 4.69) is 4.98 Å². The number of carbonyl (C=O) groups is 1. The van der Waals surface area contributed by atoms with E-state index in [9.17, 15) is 4.79 Å². The zero-order valence-electron chi connectivity index (χ0n) is 9.34. The fourth-order valence-corrected chi connectivity index (χ4v) is 1.73. The van der Waals surface area contributed by atoms with Gasteiger partial charge in [0.1, 0.15) is 11.9 Å². The summed E-state index contributed by atoms with van der Waals surface area (Å²) in [6, 6.07) is 5.74. The summed E-state index contributed by atoms with van der Waals surface area (Å²) >= 11 is 0. The van der Waals surface area contributed by atoms with Gasteiger partial charge in [-0.15, -0.1) is 0 Å². The quantitative estimate of drug-likeness (QED) is 0.865.